The maximum absolute atomic E-state index is 12.3. The van der Waals surface area contributed by atoms with E-state index in [2.05, 4.69) is 10.1 Å². The van der Waals surface area contributed by atoms with E-state index < -0.39 is 6.61 Å². The smallest absolute Gasteiger partial charge is 0.387 e. The molecule has 2 rings (SSSR count). The zero-order valence-electron chi connectivity index (χ0n) is 15.5. The molecule has 6 nitrogen and oxygen atoms in total. The maximum Gasteiger partial charge on any atom is 0.387 e. The molecule has 0 unspecified atom stereocenters. The van der Waals surface area contributed by atoms with E-state index in [1.165, 1.54) is 37.5 Å². The topological polar surface area (TPSA) is 66.0 Å². The van der Waals surface area contributed by atoms with Gasteiger partial charge in [-0.15, -0.1) is 0 Å². The minimum absolute atomic E-state index is 0.0769. The van der Waals surface area contributed by atoms with Crippen molar-refractivity contribution in [2.24, 2.45) is 0 Å². The Morgan fingerprint density at radius 3 is 2.46 bits per heavy atom. The number of hydrogen-bond acceptors (Lipinski definition) is 5. The Balaban J connectivity index is 1.94. The Bertz CT molecular complexity index is 794. The van der Waals surface area contributed by atoms with Crippen molar-refractivity contribution in [2.75, 3.05) is 32.8 Å². The van der Waals surface area contributed by atoms with Crippen molar-refractivity contribution in [3.63, 3.8) is 0 Å². The van der Waals surface area contributed by atoms with Gasteiger partial charge in [0, 0.05) is 18.9 Å². The highest BCUT2D eigenvalue weighted by Crippen LogP contribution is 2.29. The van der Waals surface area contributed by atoms with Crippen LogP contribution in [0.5, 0.6) is 17.2 Å². The van der Waals surface area contributed by atoms with E-state index in [1.807, 2.05) is 0 Å². The third-order valence-electron chi connectivity index (χ3n) is 3.51. The number of benzene rings is 2. The summed E-state index contributed by atoms with van der Waals surface area (Å²) in [6, 6.07) is 11.3. The normalized spacial score (nSPS) is 10.9. The summed E-state index contributed by atoms with van der Waals surface area (Å²) >= 11 is 0. The van der Waals surface area contributed by atoms with Crippen molar-refractivity contribution >= 4 is 17.7 Å². The Hall–Kier alpha value is -3.13. The minimum atomic E-state index is -2.95. The second kappa shape index (κ2) is 10.9. The predicted molar refractivity (Wildman–Crippen MR) is 101 cm³/mol. The largest absolute Gasteiger partial charge is 0.493 e. The van der Waals surface area contributed by atoms with E-state index in [-0.39, 0.29) is 17.4 Å². The molecular formula is C20H21F2NO5. The van der Waals surface area contributed by atoms with Crippen LogP contribution >= 0.6 is 0 Å². The number of hydrogen-bond donors (Lipinski definition) is 1. The third kappa shape index (κ3) is 6.88. The minimum Gasteiger partial charge on any atom is -0.493 e. The first-order valence-corrected chi connectivity index (χ1v) is 8.35. The fourth-order valence-electron chi connectivity index (χ4n) is 2.21. The van der Waals surface area contributed by atoms with E-state index in [0.29, 0.717) is 30.2 Å². The molecule has 0 fully saturated rings. The van der Waals surface area contributed by atoms with Gasteiger partial charge in [0.25, 0.3) is 0 Å². The molecule has 1 amide bonds. The summed E-state index contributed by atoms with van der Waals surface area (Å²) in [4.78, 5) is 12.0. The van der Waals surface area contributed by atoms with Crippen LogP contribution in [0.15, 0.2) is 48.5 Å². The molecule has 0 bridgehead atoms. The van der Waals surface area contributed by atoms with Gasteiger partial charge in [-0.1, -0.05) is 6.07 Å². The number of anilines is 1. The second-order valence-corrected chi connectivity index (χ2v) is 5.48. The molecule has 150 valence electrons. The van der Waals surface area contributed by atoms with Crippen molar-refractivity contribution in [2.45, 2.75) is 6.61 Å². The van der Waals surface area contributed by atoms with Crippen LogP contribution in [0.4, 0.5) is 14.5 Å². The SMILES string of the molecule is COCCOc1ccc(NC(=O)/C=C/c2ccc(OC(F)F)c(OC)c2)cc1. The molecule has 0 heterocycles. The molecule has 0 saturated heterocycles. The van der Waals surface area contributed by atoms with Gasteiger partial charge in [0.1, 0.15) is 12.4 Å². The number of amides is 1. The lowest BCUT2D eigenvalue weighted by molar-refractivity contribution is -0.111. The number of carbonyl (C=O) groups is 1. The van der Waals surface area contributed by atoms with Gasteiger partial charge in [-0.3, -0.25) is 4.79 Å². The Kier molecular flexibility index (Phi) is 8.23. The number of alkyl halides is 2. The number of nitrogens with one attached hydrogen (secondary N) is 1. The zero-order valence-corrected chi connectivity index (χ0v) is 15.5. The van der Waals surface area contributed by atoms with Crippen LogP contribution in [0, 0.1) is 0 Å². The zero-order chi connectivity index (χ0) is 20.4. The summed E-state index contributed by atoms with van der Waals surface area (Å²) in [7, 11) is 2.94. The van der Waals surface area contributed by atoms with Crippen LogP contribution in [0.3, 0.4) is 0 Å². The Labute approximate surface area is 161 Å². The monoisotopic (exact) mass is 393 g/mol. The number of carbonyl (C=O) groups excluding carboxylic acids is 1. The lowest BCUT2D eigenvalue weighted by atomic mass is 10.2. The average molecular weight is 393 g/mol. The average Bonchev–Trinajstić information content (AvgIpc) is 2.68. The van der Waals surface area contributed by atoms with Gasteiger partial charge in [-0.25, -0.2) is 0 Å². The number of ether oxygens (including phenoxy) is 4. The molecule has 2 aromatic carbocycles. The first-order chi connectivity index (χ1) is 13.5. The van der Waals surface area contributed by atoms with E-state index >= 15 is 0 Å². The lowest BCUT2D eigenvalue weighted by Gasteiger charge is -2.10. The Morgan fingerprint density at radius 1 is 1.07 bits per heavy atom. The molecule has 0 aliphatic carbocycles. The third-order valence-corrected chi connectivity index (χ3v) is 3.51. The molecule has 0 aromatic heterocycles. The lowest BCUT2D eigenvalue weighted by Crippen LogP contribution is -2.08. The van der Waals surface area contributed by atoms with Gasteiger partial charge in [0.15, 0.2) is 11.5 Å². The summed E-state index contributed by atoms with van der Waals surface area (Å²) in [6.45, 7) is -2.02. The van der Waals surface area contributed by atoms with Gasteiger partial charge in [-0.05, 0) is 48.0 Å². The van der Waals surface area contributed by atoms with Crippen molar-refractivity contribution in [3.05, 3.63) is 54.1 Å². The van der Waals surface area contributed by atoms with Gasteiger partial charge in [0.2, 0.25) is 5.91 Å². The predicted octanol–water partition coefficient (Wildman–Crippen LogP) is 3.97. The molecule has 0 radical (unpaired) electrons. The standard InChI is InChI=1S/C20H21F2NO5/c1-25-11-12-27-16-7-5-15(6-8-16)23-19(24)10-4-14-3-9-17(28-20(21)22)18(13-14)26-2/h3-10,13,20H,11-12H2,1-2H3,(H,23,24)/b10-4+. The van der Waals surface area contributed by atoms with Crippen molar-refractivity contribution in [1.29, 1.82) is 0 Å². The van der Waals surface area contributed by atoms with Crippen LogP contribution in [0.1, 0.15) is 5.56 Å². The highest BCUT2D eigenvalue weighted by atomic mass is 19.3. The van der Waals surface area contributed by atoms with Crippen LogP contribution < -0.4 is 19.5 Å². The van der Waals surface area contributed by atoms with E-state index in [1.54, 1.807) is 31.4 Å². The fourth-order valence-corrected chi connectivity index (χ4v) is 2.21. The number of methoxy groups -OCH3 is 2. The van der Waals surface area contributed by atoms with Gasteiger partial charge in [0.05, 0.1) is 13.7 Å². The highest BCUT2D eigenvalue weighted by molar-refractivity contribution is 6.01. The summed E-state index contributed by atoms with van der Waals surface area (Å²) in [6.07, 6.45) is 2.86. The first kappa shape index (κ1) is 21.2. The summed E-state index contributed by atoms with van der Waals surface area (Å²) in [5.74, 6) is 0.391. The van der Waals surface area contributed by atoms with Crippen molar-refractivity contribution in [3.8, 4) is 17.2 Å². The summed E-state index contributed by atoms with van der Waals surface area (Å²) in [5, 5.41) is 2.71. The van der Waals surface area contributed by atoms with Crippen LogP contribution in [0.2, 0.25) is 0 Å². The van der Waals surface area contributed by atoms with Gasteiger partial charge < -0.3 is 24.3 Å². The van der Waals surface area contributed by atoms with E-state index in [4.69, 9.17) is 14.2 Å². The quantitative estimate of drug-likeness (QED) is 0.489. The fraction of sp³-hybridized carbons (Fsp3) is 0.250. The Morgan fingerprint density at radius 2 is 1.82 bits per heavy atom. The second-order valence-electron chi connectivity index (χ2n) is 5.48. The van der Waals surface area contributed by atoms with Gasteiger partial charge >= 0.3 is 6.61 Å². The van der Waals surface area contributed by atoms with Crippen LogP contribution in [-0.4, -0.2) is 40.0 Å². The summed E-state index contributed by atoms with van der Waals surface area (Å²) < 4.78 is 44.4. The first-order valence-electron chi connectivity index (χ1n) is 8.35. The molecule has 28 heavy (non-hydrogen) atoms. The maximum atomic E-state index is 12.3. The molecule has 0 atom stereocenters. The molecule has 0 saturated carbocycles. The molecule has 8 heteroatoms. The van der Waals surface area contributed by atoms with Gasteiger partial charge in [-0.2, -0.15) is 8.78 Å². The number of halogens is 2. The molecule has 0 aliphatic heterocycles. The van der Waals surface area contributed by atoms with E-state index in [0.717, 1.165) is 0 Å². The molecule has 0 spiro atoms. The van der Waals surface area contributed by atoms with Crippen LogP contribution in [-0.2, 0) is 9.53 Å². The molecule has 1 N–H and O–H groups in total. The molecule has 0 aliphatic rings. The summed E-state index contributed by atoms with van der Waals surface area (Å²) in [5.41, 5.74) is 1.20. The number of rotatable bonds is 10. The van der Waals surface area contributed by atoms with Crippen molar-refractivity contribution in [1.82, 2.24) is 0 Å². The van der Waals surface area contributed by atoms with Crippen molar-refractivity contribution < 1.29 is 32.5 Å². The molecular weight excluding hydrogens is 372 g/mol. The van der Waals surface area contributed by atoms with Crippen LogP contribution in [0.25, 0.3) is 6.08 Å². The van der Waals surface area contributed by atoms with E-state index in [9.17, 15) is 13.6 Å². The molecule has 2 aromatic rings. The highest BCUT2D eigenvalue weighted by Gasteiger charge is 2.10.